The van der Waals surface area contributed by atoms with Crippen molar-refractivity contribution in [2.24, 2.45) is 5.73 Å². The Morgan fingerprint density at radius 1 is 1.38 bits per heavy atom. The van der Waals surface area contributed by atoms with Crippen LogP contribution < -0.4 is 5.73 Å². The van der Waals surface area contributed by atoms with Gasteiger partial charge in [0.1, 0.15) is 17.2 Å². The molecule has 0 aliphatic carbocycles. The molecule has 0 heterocycles. The zero-order chi connectivity index (χ0) is 10.0. The number of benzene rings is 1. The van der Waals surface area contributed by atoms with Crippen molar-refractivity contribution in [2.75, 3.05) is 0 Å². The Hall–Kier alpha value is -1.49. The van der Waals surface area contributed by atoms with Crippen LogP contribution in [0, 0.1) is 11.6 Å². The van der Waals surface area contributed by atoms with Gasteiger partial charge in [0.05, 0.1) is 0 Å². The van der Waals surface area contributed by atoms with Crippen molar-refractivity contribution in [3.05, 3.63) is 34.9 Å². The fourth-order valence-corrected chi connectivity index (χ4v) is 1.02. The van der Waals surface area contributed by atoms with Gasteiger partial charge in [-0.25, -0.2) is 13.6 Å². The van der Waals surface area contributed by atoms with Crippen molar-refractivity contribution in [3.63, 3.8) is 0 Å². The third kappa shape index (κ3) is 1.65. The highest BCUT2D eigenvalue weighted by atomic mass is 19.1. The molecule has 0 aliphatic rings. The summed E-state index contributed by atoms with van der Waals surface area (Å²) < 4.78 is 25.7. The van der Waals surface area contributed by atoms with Crippen LogP contribution in [0.15, 0.2) is 12.1 Å². The minimum Gasteiger partial charge on any atom is -0.478 e. The summed E-state index contributed by atoms with van der Waals surface area (Å²) in [5, 5.41) is 8.54. The highest BCUT2D eigenvalue weighted by molar-refractivity contribution is 5.89. The van der Waals surface area contributed by atoms with Crippen molar-refractivity contribution in [2.45, 2.75) is 6.54 Å². The Kier molecular flexibility index (Phi) is 2.57. The maximum absolute atomic E-state index is 12.9. The van der Waals surface area contributed by atoms with Gasteiger partial charge in [-0.05, 0) is 12.1 Å². The molecular formula is C8H7F2NO2. The Labute approximate surface area is 72.8 Å². The van der Waals surface area contributed by atoms with Gasteiger partial charge >= 0.3 is 5.97 Å². The van der Waals surface area contributed by atoms with Gasteiger partial charge in [-0.2, -0.15) is 0 Å². The first-order valence-electron chi connectivity index (χ1n) is 3.48. The van der Waals surface area contributed by atoms with Crippen LogP contribution in [-0.2, 0) is 6.54 Å². The van der Waals surface area contributed by atoms with Crippen molar-refractivity contribution in [3.8, 4) is 0 Å². The van der Waals surface area contributed by atoms with E-state index in [0.717, 1.165) is 12.1 Å². The highest BCUT2D eigenvalue weighted by Crippen LogP contribution is 2.16. The maximum atomic E-state index is 12.9. The summed E-state index contributed by atoms with van der Waals surface area (Å²) in [7, 11) is 0. The van der Waals surface area contributed by atoms with Crippen LogP contribution in [0.4, 0.5) is 8.78 Å². The van der Waals surface area contributed by atoms with Gasteiger partial charge in [0.2, 0.25) is 0 Å². The molecule has 1 rings (SSSR count). The van der Waals surface area contributed by atoms with Crippen LogP contribution in [0.2, 0.25) is 0 Å². The molecule has 0 spiro atoms. The quantitative estimate of drug-likeness (QED) is 0.729. The molecule has 13 heavy (non-hydrogen) atoms. The van der Waals surface area contributed by atoms with Crippen LogP contribution in [0.1, 0.15) is 15.9 Å². The summed E-state index contributed by atoms with van der Waals surface area (Å²) >= 11 is 0. The number of hydrogen-bond donors (Lipinski definition) is 2. The predicted octanol–water partition coefficient (Wildman–Crippen LogP) is 1.12. The average molecular weight is 187 g/mol. The van der Waals surface area contributed by atoms with Gasteiger partial charge in [-0.1, -0.05) is 0 Å². The molecule has 70 valence electrons. The van der Waals surface area contributed by atoms with E-state index in [1.165, 1.54) is 0 Å². The molecule has 0 fully saturated rings. The number of carbonyl (C=O) groups is 1. The van der Waals surface area contributed by atoms with Gasteiger partial charge in [-0.3, -0.25) is 0 Å². The molecule has 0 amide bonds. The summed E-state index contributed by atoms with van der Waals surface area (Å²) in [6.07, 6.45) is 0. The molecule has 0 aromatic heterocycles. The first-order valence-corrected chi connectivity index (χ1v) is 3.48. The van der Waals surface area contributed by atoms with Gasteiger partial charge in [-0.15, -0.1) is 0 Å². The third-order valence-corrected chi connectivity index (χ3v) is 1.62. The van der Waals surface area contributed by atoms with Gasteiger partial charge in [0, 0.05) is 12.1 Å². The van der Waals surface area contributed by atoms with E-state index in [4.69, 9.17) is 10.8 Å². The molecule has 1 aromatic carbocycles. The molecule has 0 unspecified atom stereocenters. The largest absolute Gasteiger partial charge is 0.478 e. The number of halogens is 2. The lowest BCUT2D eigenvalue weighted by Gasteiger charge is -2.05. The first kappa shape index (κ1) is 9.60. The van der Waals surface area contributed by atoms with E-state index in [0.29, 0.717) is 0 Å². The normalized spacial score (nSPS) is 10.1. The van der Waals surface area contributed by atoms with Gasteiger partial charge in [0.25, 0.3) is 0 Å². The second kappa shape index (κ2) is 3.49. The molecule has 0 saturated carbocycles. The number of aromatic carboxylic acids is 1. The minimum absolute atomic E-state index is 0.312. The van der Waals surface area contributed by atoms with Crippen molar-refractivity contribution in [1.82, 2.24) is 0 Å². The van der Waals surface area contributed by atoms with E-state index in [1.807, 2.05) is 0 Å². The highest BCUT2D eigenvalue weighted by Gasteiger charge is 2.18. The lowest BCUT2D eigenvalue weighted by atomic mass is 10.1. The number of hydrogen-bond acceptors (Lipinski definition) is 2. The van der Waals surface area contributed by atoms with Crippen LogP contribution in [-0.4, -0.2) is 11.1 Å². The molecule has 0 atom stereocenters. The summed E-state index contributed by atoms with van der Waals surface area (Å²) in [6, 6.07) is 1.61. The predicted molar refractivity (Wildman–Crippen MR) is 41.2 cm³/mol. The monoisotopic (exact) mass is 187 g/mol. The van der Waals surface area contributed by atoms with Gasteiger partial charge < -0.3 is 10.8 Å². The smallest absolute Gasteiger partial charge is 0.339 e. The fourth-order valence-electron chi connectivity index (χ4n) is 1.02. The number of rotatable bonds is 2. The molecule has 0 radical (unpaired) electrons. The maximum Gasteiger partial charge on any atom is 0.339 e. The lowest BCUT2D eigenvalue weighted by molar-refractivity contribution is 0.0690. The first-order chi connectivity index (χ1) is 6.07. The fraction of sp³-hybridized carbons (Fsp3) is 0.125. The Morgan fingerprint density at radius 3 is 2.31 bits per heavy atom. The van der Waals surface area contributed by atoms with Crippen LogP contribution in [0.25, 0.3) is 0 Å². The molecule has 0 aliphatic heterocycles. The second-order valence-electron chi connectivity index (χ2n) is 2.39. The van der Waals surface area contributed by atoms with Crippen molar-refractivity contribution in [1.29, 1.82) is 0 Å². The number of carboxylic acids is 1. The van der Waals surface area contributed by atoms with Crippen molar-refractivity contribution >= 4 is 5.97 Å². The number of nitrogens with two attached hydrogens (primary N) is 1. The van der Waals surface area contributed by atoms with Crippen LogP contribution in [0.5, 0.6) is 0 Å². The topological polar surface area (TPSA) is 63.3 Å². The zero-order valence-corrected chi connectivity index (χ0v) is 6.55. The Morgan fingerprint density at radius 2 is 1.92 bits per heavy atom. The van der Waals surface area contributed by atoms with E-state index >= 15 is 0 Å². The van der Waals surface area contributed by atoms with Crippen LogP contribution in [0.3, 0.4) is 0 Å². The summed E-state index contributed by atoms with van der Waals surface area (Å²) in [6.45, 7) is -0.342. The van der Waals surface area contributed by atoms with E-state index in [2.05, 4.69) is 0 Å². The van der Waals surface area contributed by atoms with E-state index < -0.39 is 23.2 Å². The average Bonchev–Trinajstić information content (AvgIpc) is 2.07. The lowest BCUT2D eigenvalue weighted by Crippen LogP contribution is -2.11. The van der Waals surface area contributed by atoms with Gasteiger partial charge in [0.15, 0.2) is 0 Å². The molecule has 0 saturated heterocycles. The zero-order valence-electron chi connectivity index (χ0n) is 6.55. The summed E-state index contributed by atoms with van der Waals surface area (Å²) in [4.78, 5) is 10.5. The molecule has 0 bridgehead atoms. The van der Waals surface area contributed by atoms with E-state index in [-0.39, 0.29) is 12.1 Å². The molecule has 1 aromatic rings. The number of carboxylic acid groups (broad SMARTS) is 1. The van der Waals surface area contributed by atoms with E-state index in [9.17, 15) is 13.6 Å². The summed E-state index contributed by atoms with van der Waals surface area (Å²) in [5.74, 6) is -3.30. The Balaban J connectivity index is 3.43. The van der Waals surface area contributed by atoms with Crippen LogP contribution >= 0.6 is 0 Å². The Bertz CT molecular complexity index is 352. The van der Waals surface area contributed by atoms with E-state index in [1.54, 1.807) is 0 Å². The molecule has 3 nitrogen and oxygen atoms in total. The minimum atomic E-state index is -1.52. The molecule has 5 heteroatoms. The standard InChI is InChI=1S/C8H7F2NO2/c9-5-1-2-6(10)7(8(12)13)4(5)3-11/h1-2H,3,11H2,(H,12,13). The molecular weight excluding hydrogens is 180 g/mol. The third-order valence-electron chi connectivity index (χ3n) is 1.62. The van der Waals surface area contributed by atoms with Crippen molar-refractivity contribution < 1.29 is 18.7 Å². The second-order valence-corrected chi connectivity index (χ2v) is 2.39. The SMILES string of the molecule is NCc1c(F)ccc(F)c1C(=O)O. The summed E-state index contributed by atoms with van der Waals surface area (Å²) in [5.41, 5.74) is 4.08. The molecule has 3 N–H and O–H groups in total.